The third kappa shape index (κ3) is 5.79. The van der Waals surface area contributed by atoms with Crippen molar-refractivity contribution in [2.24, 2.45) is 11.7 Å². The van der Waals surface area contributed by atoms with Gasteiger partial charge >= 0.3 is 6.01 Å². The number of aromatic nitrogens is 4. The monoisotopic (exact) mass is 454 g/mol. The summed E-state index contributed by atoms with van der Waals surface area (Å²) >= 11 is 0. The van der Waals surface area contributed by atoms with E-state index < -0.39 is 0 Å². The molecular weight excluding hydrogens is 420 g/mol. The van der Waals surface area contributed by atoms with Gasteiger partial charge in [-0.2, -0.15) is 9.97 Å². The second-order valence-corrected chi connectivity index (χ2v) is 8.61. The zero-order chi connectivity index (χ0) is 23.0. The number of aliphatic hydroxyl groups excluding tert-OH is 1. The maximum absolute atomic E-state index is 9.59. The summed E-state index contributed by atoms with van der Waals surface area (Å²) in [6, 6.07) is 10.2. The molecule has 1 aliphatic rings. The summed E-state index contributed by atoms with van der Waals surface area (Å²) in [5, 5.41) is 13.0. The second-order valence-electron chi connectivity index (χ2n) is 8.61. The van der Waals surface area contributed by atoms with Crippen LogP contribution in [-0.2, 0) is 11.3 Å². The molecule has 9 heteroatoms. The molecule has 1 unspecified atom stereocenters. The van der Waals surface area contributed by atoms with Crippen LogP contribution in [-0.4, -0.2) is 50.4 Å². The van der Waals surface area contributed by atoms with Gasteiger partial charge in [0.25, 0.3) is 0 Å². The van der Waals surface area contributed by atoms with E-state index in [4.69, 9.17) is 15.2 Å². The van der Waals surface area contributed by atoms with Crippen LogP contribution in [0.3, 0.4) is 0 Å². The van der Waals surface area contributed by atoms with Gasteiger partial charge in [-0.3, -0.25) is 4.57 Å². The highest BCUT2D eigenvalue weighted by Gasteiger charge is 2.34. The van der Waals surface area contributed by atoms with Gasteiger partial charge in [-0.25, -0.2) is 4.98 Å². The largest absolute Gasteiger partial charge is 0.458 e. The topological polar surface area (TPSA) is 120 Å². The molecule has 178 valence electrons. The number of hydrogen-bond donors (Lipinski definition) is 3. The highest BCUT2D eigenvalue weighted by Crippen LogP contribution is 2.35. The fourth-order valence-corrected chi connectivity index (χ4v) is 4.11. The average Bonchev–Trinajstić information content (AvgIpc) is 3.43. The van der Waals surface area contributed by atoms with Crippen LogP contribution in [0.2, 0.25) is 0 Å². The SMILES string of the molecule is CC1C[C@H](n2cnc3c(NCCCCCCN)nc(OCc4ccccc4)nc32)O[C@@H]1CO. The summed E-state index contributed by atoms with van der Waals surface area (Å²) in [5.41, 5.74) is 7.98. The van der Waals surface area contributed by atoms with E-state index in [1.165, 1.54) is 0 Å². The van der Waals surface area contributed by atoms with Gasteiger partial charge < -0.3 is 25.6 Å². The number of ether oxygens (including phenoxy) is 2. The smallest absolute Gasteiger partial charge is 0.320 e. The van der Waals surface area contributed by atoms with Crippen molar-refractivity contribution >= 4 is 17.0 Å². The third-order valence-corrected chi connectivity index (χ3v) is 6.07. The maximum Gasteiger partial charge on any atom is 0.320 e. The number of anilines is 1. The normalized spacial score (nSPS) is 20.4. The summed E-state index contributed by atoms with van der Waals surface area (Å²) in [6.07, 6.45) is 6.41. The van der Waals surface area contributed by atoms with Crippen molar-refractivity contribution in [3.63, 3.8) is 0 Å². The molecule has 1 aromatic carbocycles. The lowest BCUT2D eigenvalue weighted by atomic mass is 10.0. The van der Waals surface area contributed by atoms with E-state index >= 15 is 0 Å². The number of rotatable bonds is 12. The van der Waals surface area contributed by atoms with Crippen molar-refractivity contribution in [1.82, 2.24) is 19.5 Å². The van der Waals surface area contributed by atoms with Gasteiger partial charge in [-0.15, -0.1) is 0 Å². The molecule has 0 amide bonds. The molecule has 0 spiro atoms. The Morgan fingerprint density at radius 1 is 1.18 bits per heavy atom. The van der Waals surface area contributed by atoms with Crippen LogP contribution in [0.1, 0.15) is 50.8 Å². The maximum atomic E-state index is 9.59. The molecule has 0 radical (unpaired) electrons. The lowest BCUT2D eigenvalue weighted by molar-refractivity contribution is -0.0277. The Morgan fingerprint density at radius 2 is 2.00 bits per heavy atom. The van der Waals surface area contributed by atoms with Crippen LogP contribution in [0.15, 0.2) is 36.7 Å². The highest BCUT2D eigenvalue weighted by molar-refractivity contribution is 5.83. The lowest BCUT2D eigenvalue weighted by Crippen LogP contribution is -2.18. The van der Waals surface area contributed by atoms with E-state index in [0.29, 0.717) is 29.6 Å². The van der Waals surface area contributed by atoms with Crippen LogP contribution in [0.4, 0.5) is 5.82 Å². The fourth-order valence-electron chi connectivity index (χ4n) is 4.11. The quantitative estimate of drug-likeness (QED) is 0.357. The van der Waals surface area contributed by atoms with E-state index in [-0.39, 0.29) is 24.9 Å². The summed E-state index contributed by atoms with van der Waals surface area (Å²) in [4.78, 5) is 13.9. The van der Waals surface area contributed by atoms with E-state index in [2.05, 4.69) is 27.2 Å². The zero-order valence-electron chi connectivity index (χ0n) is 19.2. The minimum atomic E-state index is -0.233. The molecule has 4 N–H and O–H groups in total. The van der Waals surface area contributed by atoms with Crippen molar-refractivity contribution < 1.29 is 14.6 Å². The zero-order valence-corrected chi connectivity index (χ0v) is 19.2. The minimum Gasteiger partial charge on any atom is -0.458 e. The molecule has 3 heterocycles. The Bertz CT molecular complexity index is 1010. The Morgan fingerprint density at radius 3 is 2.76 bits per heavy atom. The van der Waals surface area contributed by atoms with Crippen LogP contribution >= 0.6 is 0 Å². The van der Waals surface area contributed by atoms with Crippen molar-refractivity contribution in [3.8, 4) is 6.01 Å². The van der Waals surface area contributed by atoms with Gasteiger partial charge in [0.05, 0.1) is 19.0 Å². The first-order valence-corrected chi connectivity index (χ1v) is 11.8. The molecule has 1 saturated heterocycles. The van der Waals surface area contributed by atoms with Gasteiger partial charge in [0.1, 0.15) is 12.8 Å². The first-order chi connectivity index (χ1) is 16.2. The summed E-state index contributed by atoms with van der Waals surface area (Å²) < 4.78 is 13.9. The van der Waals surface area contributed by atoms with E-state index in [0.717, 1.165) is 50.8 Å². The predicted molar refractivity (Wildman–Crippen MR) is 127 cm³/mol. The van der Waals surface area contributed by atoms with Crippen LogP contribution in [0.25, 0.3) is 11.2 Å². The van der Waals surface area contributed by atoms with Crippen LogP contribution < -0.4 is 15.8 Å². The standard InChI is InChI=1S/C24H34N6O3/c1-17-13-20(33-19(17)14-31)30-16-27-21-22(26-12-8-3-2-7-11-25)28-24(29-23(21)30)32-15-18-9-5-4-6-10-18/h4-6,9-10,16-17,19-20,31H,2-3,7-8,11-15,25H2,1H3,(H,26,28,29)/t17?,19-,20-/m1/s1. The Balaban J connectivity index is 1.55. The molecule has 3 atom stereocenters. The molecule has 2 aromatic heterocycles. The third-order valence-electron chi connectivity index (χ3n) is 6.07. The van der Waals surface area contributed by atoms with Gasteiger partial charge in [-0.1, -0.05) is 50.1 Å². The average molecular weight is 455 g/mol. The van der Waals surface area contributed by atoms with E-state index in [1.54, 1.807) is 6.33 Å². The lowest BCUT2D eigenvalue weighted by Gasteiger charge is -2.15. The van der Waals surface area contributed by atoms with Crippen molar-refractivity contribution in [1.29, 1.82) is 0 Å². The van der Waals surface area contributed by atoms with Gasteiger partial charge in [0.15, 0.2) is 17.0 Å². The van der Waals surface area contributed by atoms with Gasteiger partial charge in [0.2, 0.25) is 0 Å². The number of nitrogens with one attached hydrogen (secondary N) is 1. The predicted octanol–water partition coefficient (Wildman–Crippen LogP) is 3.25. The van der Waals surface area contributed by atoms with Crippen LogP contribution in [0.5, 0.6) is 6.01 Å². The van der Waals surface area contributed by atoms with Gasteiger partial charge in [-0.05, 0) is 37.3 Å². The molecule has 0 saturated carbocycles. The van der Waals surface area contributed by atoms with Crippen LogP contribution in [0, 0.1) is 5.92 Å². The number of nitrogens with two attached hydrogens (primary N) is 1. The number of nitrogens with zero attached hydrogens (tertiary/aromatic N) is 4. The van der Waals surface area contributed by atoms with Crippen molar-refractivity contribution in [3.05, 3.63) is 42.2 Å². The molecule has 1 fully saturated rings. The Labute approximate surface area is 194 Å². The number of fused-ring (bicyclic) bond motifs is 1. The first kappa shape index (κ1) is 23.4. The summed E-state index contributed by atoms with van der Waals surface area (Å²) in [6.45, 7) is 3.98. The van der Waals surface area contributed by atoms with Crippen molar-refractivity contribution in [2.75, 3.05) is 25.0 Å². The number of hydrogen-bond acceptors (Lipinski definition) is 8. The first-order valence-electron chi connectivity index (χ1n) is 11.8. The number of unbranched alkanes of at least 4 members (excludes halogenated alkanes) is 3. The van der Waals surface area contributed by atoms with Gasteiger partial charge in [0, 0.05) is 6.54 Å². The number of imidazole rings is 1. The molecule has 4 rings (SSSR count). The van der Waals surface area contributed by atoms with Crippen molar-refractivity contribution in [2.45, 2.75) is 58.0 Å². The second kappa shape index (κ2) is 11.4. The molecule has 9 nitrogen and oxygen atoms in total. The molecule has 0 aliphatic carbocycles. The minimum absolute atomic E-state index is 0.00167. The van der Waals surface area contributed by atoms with E-state index in [1.807, 2.05) is 34.9 Å². The molecular formula is C24H34N6O3. The number of aliphatic hydroxyl groups is 1. The highest BCUT2D eigenvalue weighted by atomic mass is 16.5. The Kier molecular flexibility index (Phi) is 8.09. The molecule has 1 aliphatic heterocycles. The van der Waals surface area contributed by atoms with E-state index in [9.17, 15) is 5.11 Å². The number of benzene rings is 1. The summed E-state index contributed by atoms with van der Waals surface area (Å²) in [7, 11) is 0. The summed E-state index contributed by atoms with van der Waals surface area (Å²) in [5.74, 6) is 0.907. The Hall–Kier alpha value is -2.75. The fraction of sp³-hybridized carbons (Fsp3) is 0.542. The molecule has 0 bridgehead atoms. The molecule has 3 aromatic rings. The molecule has 33 heavy (non-hydrogen) atoms.